The fraction of sp³-hybridized carbons (Fsp3) is 0.650. The Bertz CT molecular complexity index is 512. The minimum atomic E-state index is 0. The molecule has 2 unspecified atom stereocenters. The molecule has 148 valence electrons. The molecule has 0 aromatic heterocycles. The summed E-state index contributed by atoms with van der Waals surface area (Å²) < 4.78 is 0. The highest BCUT2D eigenvalue weighted by molar-refractivity contribution is 14.0. The number of aliphatic hydroxyl groups is 1. The van der Waals surface area contributed by atoms with Crippen molar-refractivity contribution in [3.8, 4) is 0 Å². The third-order valence-electron chi connectivity index (χ3n) is 5.09. The maximum absolute atomic E-state index is 9.64. The van der Waals surface area contributed by atoms with Crippen LogP contribution in [0.25, 0.3) is 0 Å². The lowest BCUT2D eigenvalue weighted by molar-refractivity contribution is 0.159. The number of hydrogen-bond acceptors (Lipinski definition) is 3. The summed E-state index contributed by atoms with van der Waals surface area (Å²) in [5, 5.41) is 16.4. The molecule has 2 atom stereocenters. The van der Waals surface area contributed by atoms with Gasteiger partial charge in [-0.05, 0) is 38.3 Å². The molecule has 1 heterocycles. The second-order valence-corrected chi connectivity index (χ2v) is 6.90. The summed E-state index contributed by atoms with van der Waals surface area (Å²) >= 11 is 0. The molecule has 1 aromatic carbocycles. The maximum Gasteiger partial charge on any atom is 0.191 e. The first-order chi connectivity index (χ1) is 12.2. The van der Waals surface area contributed by atoms with Gasteiger partial charge in [-0.2, -0.15) is 0 Å². The summed E-state index contributed by atoms with van der Waals surface area (Å²) in [5.74, 6) is 0.884. The Labute approximate surface area is 175 Å². The molecule has 0 radical (unpaired) electrons. The molecular formula is C20H35IN4O. The van der Waals surface area contributed by atoms with Crippen LogP contribution in [0.4, 0.5) is 0 Å². The van der Waals surface area contributed by atoms with E-state index in [1.54, 1.807) is 7.05 Å². The van der Waals surface area contributed by atoms with Crippen molar-refractivity contribution < 1.29 is 5.11 Å². The molecule has 6 heteroatoms. The van der Waals surface area contributed by atoms with Gasteiger partial charge in [0.2, 0.25) is 0 Å². The Hall–Kier alpha value is -0.860. The van der Waals surface area contributed by atoms with E-state index in [4.69, 9.17) is 0 Å². The molecule has 2 rings (SSSR count). The van der Waals surface area contributed by atoms with Gasteiger partial charge in [-0.3, -0.25) is 4.99 Å². The fourth-order valence-corrected chi connectivity index (χ4v) is 3.43. The second-order valence-electron chi connectivity index (χ2n) is 6.90. The number of hydrogen-bond donors (Lipinski definition) is 3. The highest BCUT2D eigenvalue weighted by atomic mass is 127. The topological polar surface area (TPSA) is 59.9 Å². The van der Waals surface area contributed by atoms with Crippen LogP contribution in [0.5, 0.6) is 0 Å². The van der Waals surface area contributed by atoms with Crippen LogP contribution in [0.2, 0.25) is 0 Å². The summed E-state index contributed by atoms with van der Waals surface area (Å²) in [4.78, 5) is 6.88. The molecule has 1 saturated heterocycles. The molecule has 5 nitrogen and oxygen atoms in total. The van der Waals surface area contributed by atoms with E-state index in [9.17, 15) is 5.11 Å². The first-order valence-electron chi connectivity index (χ1n) is 9.59. The van der Waals surface area contributed by atoms with Gasteiger partial charge in [-0.25, -0.2) is 0 Å². The highest BCUT2D eigenvalue weighted by Crippen LogP contribution is 2.16. The van der Waals surface area contributed by atoms with Gasteiger partial charge in [-0.1, -0.05) is 36.8 Å². The summed E-state index contributed by atoms with van der Waals surface area (Å²) in [5.41, 5.74) is 1.15. The summed E-state index contributed by atoms with van der Waals surface area (Å²) in [6.07, 6.45) is 5.16. The number of rotatable bonds is 8. The SMILES string of the molecule is CN=C(NCCCN1CCCCC1C)NCC(CO)c1ccccc1.I. The van der Waals surface area contributed by atoms with Crippen LogP contribution in [0.1, 0.15) is 44.1 Å². The predicted octanol–water partition coefficient (Wildman–Crippen LogP) is 2.81. The third kappa shape index (κ3) is 7.80. The highest BCUT2D eigenvalue weighted by Gasteiger charge is 2.17. The lowest BCUT2D eigenvalue weighted by atomic mass is 10.0. The zero-order valence-corrected chi connectivity index (χ0v) is 18.5. The Balaban J connectivity index is 0.00000338. The molecule has 1 aliphatic rings. The Morgan fingerprint density at radius 1 is 1.27 bits per heavy atom. The average Bonchev–Trinajstić information content (AvgIpc) is 2.66. The van der Waals surface area contributed by atoms with Crippen molar-refractivity contribution in [1.82, 2.24) is 15.5 Å². The number of benzene rings is 1. The zero-order chi connectivity index (χ0) is 17.9. The van der Waals surface area contributed by atoms with Crippen molar-refractivity contribution in [1.29, 1.82) is 0 Å². The zero-order valence-electron chi connectivity index (χ0n) is 16.2. The molecule has 1 aromatic rings. The van der Waals surface area contributed by atoms with Crippen molar-refractivity contribution in [2.75, 3.05) is 39.8 Å². The molecule has 26 heavy (non-hydrogen) atoms. The second kappa shape index (κ2) is 13.3. The van der Waals surface area contributed by atoms with Crippen LogP contribution in [-0.4, -0.2) is 61.8 Å². The molecule has 0 bridgehead atoms. The Morgan fingerprint density at radius 2 is 2.04 bits per heavy atom. The van der Waals surface area contributed by atoms with Gasteiger partial charge in [0.05, 0.1) is 6.61 Å². The first kappa shape index (κ1) is 23.2. The lowest BCUT2D eigenvalue weighted by Gasteiger charge is -2.33. The van der Waals surface area contributed by atoms with Crippen LogP contribution in [-0.2, 0) is 0 Å². The number of halogens is 1. The molecular weight excluding hydrogens is 439 g/mol. The summed E-state index contributed by atoms with van der Waals surface area (Å²) in [6.45, 7) is 6.44. The number of nitrogens with one attached hydrogen (secondary N) is 2. The monoisotopic (exact) mass is 474 g/mol. The molecule has 0 spiro atoms. The number of piperidine rings is 1. The number of aliphatic hydroxyl groups excluding tert-OH is 1. The van der Waals surface area contributed by atoms with E-state index in [0.717, 1.165) is 37.1 Å². The van der Waals surface area contributed by atoms with E-state index in [1.807, 2.05) is 18.2 Å². The lowest BCUT2D eigenvalue weighted by Crippen LogP contribution is -2.42. The van der Waals surface area contributed by atoms with Gasteiger partial charge in [0.15, 0.2) is 5.96 Å². The number of likely N-dealkylation sites (tertiary alicyclic amines) is 1. The molecule has 3 N–H and O–H groups in total. The van der Waals surface area contributed by atoms with Crippen molar-refractivity contribution >= 4 is 29.9 Å². The maximum atomic E-state index is 9.64. The molecule has 1 fully saturated rings. The van der Waals surface area contributed by atoms with Crippen LogP contribution < -0.4 is 10.6 Å². The minimum absolute atomic E-state index is 0. The van der Waals surface area contributed by atoms with E-state index >= 15 is 0 Å². The van der Waals surface area contributed by atoms with Crippen molar-refractivity contribution in [2.45, 2.75) is 44.6 Å². The minimum Gasteiger partial charge on any atom is -0.396 e. The van der Waals surface area contributed by atoms with E-state index in [0.29, 0.717) is 6.54 Å². The van der Waals surface area contributed by atoms with Crippen molar-refractivity contribution in [3.63, 3.8) is 0 Å². The molecule has 0 saturated carbocycles. The van der Waals surface area contributed by atoms with Gasteiger partial charge >= 0.3 is 0 Å². The normalized spacial score (nSPS) is 19.5. The largest absolute Gasteiger partial charge is 0.396 e. The van der Waals surface area contributed by atoms with Gasteiger partial charge in [0, 0.05) is 38.6 Å². The van der Waals surface area contributed by atoms with Crippen LogP contribution >= 0.6 is 24.0 Å². The van der Waals surface area contributed by atoms with Gasteiger partial charge in [-0.15, -0.1) is 24.0 Å². The number of aliphatic imine (C=N–C) groups is 1. The predicted molar refractivity (Wildman–Crippen MR) is 121 cm³/mol. The number of guanidine groups is 1. The smallest absolute Gasteiger partial charge is 0.191 e. The first-order valence-corrected chi connectivity index (χ1v) is 9.59. The third-order valence-corrected chi connectivity index (χ3v) is 5.09. The average molecular weight is 474 g/mol. The van der Waals surface area contributed by atoms with E-state index in [-0.39, 0.29) is 36.5 Å². The fourth-order valence-electron chi connectivity index (χ4n) is 3.43. The van der Waals surface area contributed by atoms with Crippen LogP contribution in [0.15, 0.2) is 35.3 Å². The van der Waals surface area contributed by atoms with Crippen LogP contribution in [0, 0.1) is 0 Å². The van der Waals surface area contributed by atoms with Crippen LogP contribution in [0.3, 0.4) is 0 Å². The van der Waals surface area contributed by atoms with E-state index < -0.39 is 0 Å². The Morgan fingerprint density at radius 3 is 2.69 bits per heavy atom. The number of nitrogens with zero attached hydrogens (tertiary/aromatic N) is 2. The standard InChI is InChI=1S/C20H34N4O.HI/c1-17-9-6-7-13-24(17)14-8-12-22-20(21-2)23-15-19(16-25)18-10-4-3-5-11-18;/h3-5,10-11,17,19,25H,6-9,12-16H2,1-2H3,(H2,21,22,23);1H. The Kier molecular flexibility index (Phi) is 11.9. The van der Waals surface area contributed by atoms with E-state index in [2.05, 4.69) is 39.6 Å². The van der Waals surface area contributed by atoms with Gasteiger partial charge in [0.25, 0.3) is 0 Å². The van der Waals surface area contributed by atoms with Gasteiger partial charge in [0.1, 0.15) is 0 Å². The summed E-state index contributed by atoms with van der Waals surface area (Å²) in [7, 11) is 1.79. The molecule has 1 aliphatic heterocycles. The van der Waals surface area contributed by atoms with Crippen molar-refractivity contribution in [2.24, 2.45) is 4.99 Å². The molecule has 0 aliphatic carbocycles. The van der Waals surface area contributed by atoms with Gasteiger partial charge < -0.3 is 20.6 Å². The molecule has 0 amide bonds. The summed E-state index contributed by atoms with van der Waals surface area (Å²) in [6, 6.07) is 10.8. The van der Waals surface area contributed by atoms with Crippen molar-refractivity contribution in [3.05, 3.63) is 35.9 Å². The quantitative estimate of drug-likeness (QED) is 0.235. The van der Waals surface area contributed by atoms with E-state index in [1.165, 1.54) is 25.8 Å².